The van der Waals surface area contributed by atoms with Gasteiger partial charge in [0.2, 0.25) is 41.4 Å². The minimum atomic E-state index is -1.35. The number of nitrogens with two attached hydrogens (primary N) is 2. The first kappa shape index (κ1) is 57.0. The molecule has 1 aromatic heterocycles. The van der Waals surface area contributed by atoms with E-state index in [-0.39, 0.29) is 63.4 Å². The molecule has 1 aliphatic rings. The van der Waals surface area contributed by atoms with Gasteiger partial charge in [-0.15, -0.1) is 0 Å². The Morgan fingerprint density at radius 2 is 1.40 bits per heavy atom. The quantitative estimate of drug-likeness (QED) is 0.0239. The molecule has 8 atom stereocenters. The van der Waals surface area contributed by atoms with E-state index in [4.69, 9.17) is 11.5 Å². The number of carbonyl (C=O) groups excluding carboxylic acids is 7. The second-order valence-corrected chi connectivity index (χ2v) is 18.3. The number of aliphatic imine (C=N–C) groups is 1. The van der Waals surface area contributed by atoms with Crippen LogP contribution in [0.25, 0.3) is 0 Å². The lowest BCUT2D eigenvalue weighted by molar-refractivity contribution is -0.145. The molecule has 392 valence electrons. The van der Waals surface area contributed by atoms with E-state index >= 15 is 0 Å². The van der Waals surface area contributed by atoms with E-state index in [1.807, 2.05) is 0 Å². The number of likely N-dealkylation sites (N-methyl/N-ethyl adjacent to an activating group) is 1. The van der Waals surface area contributed by atoms with Gasteiger partial charge >= 0.3 is 5.97 Å². The number of phenols is 1. The number of likely N-dealkylation sites (tertiary alicyclic amines) is 1. The molecular weight excluding hydrogens is 931 g/mol. The van der Waals surface area contributed by atoms with E-state index in [1.54, 1.807) is 77.2 Å². The number of carbonyl (C=O) groups is 8. The van der Waals surface area contributed by atoms with Crippen molar-refractivity contribution in [1.82, 2.24) is 52.1 Å². The summed E-state index contributed by atoms with van der Waals surface area (Å²) in [6.45, 7) is 7.15. The Labute approximate surface area is 418 Å². The summed E-state index contributed by atoms with van der Waals surface area (Å²) in [5, 5.41) is 39.1. The van der Waals surface area contributed by atoms with Crippen LogP contribution in [0.3, 0.4) is 0 Å². The highest BCUT2D eigenvalue weighted by molar-refractivity contribution is 5.98. The molecule has 23 heteroatoms. The average Bonchev–Trinajstić information content (AvgIpc) is 4.06. The van der Waals surface area contributed by atoms with Crippen molar-refractivity contribution in [3.05, 3.63) is 83.9 Å². The molecule has 14 N–H and O–H groups in total. The fourth-order valence-electron chi connectivity index (χ4n) is 8.16. The summed E-state index contributed by atoms with van der Waals surface area (Å²) < 4.78 is 0. The third-order valence-electron chi connectivity index (χ3n) is 12.3. The fourth-order valence-corrected chi connectivity index (χ4v) is 8.16. The summed E-state index contributed by atoms with van der Waals surface area (Å²) in [5.74, 6) is -7.15. The molecule has 4 rings (SSSR count). The highest BCUT2D eigenvalue weighted by Gasteiger charge is 2.41. The van der Waals surface area contributed by atoms with Crippen molar-refractivity contribution in [2.75, 3.05) is 26.7 Å². The van der Waals surface area contributed by atoms with Gasteiger partial charge in [-0.25, -0.2) is 9.78 Å². The van der Waals surface area contributed by atoms with Gasteiger partial charge in [0, 0.05) is 44.2 Å². The lowest BCUT2D eigenvalue weighted by Crippen LogP contribution is -2.62. The van der Waals surface area contributed by atoms with E-state index in [1.165, 1.54) is 29.6 Å². The molecule has 1 fully saturated rings. The molecule has 0 radical (unpaired) electrons. The molecule has 0 unspecified atom stereocenters. The van der Waals surface area contributed by atoms with E-state index in [0.717, 1.165) is 0 Å². The molecule has 7 amide bonds. The molecule has 2 heterocycles. The number of aromatic amines is 1. The number of imidazole rings is 1. The molecule has 1 aliphatic heterocycles. The van der Waals surface area contributed by atoms with Crippen LogP contribution in [0.2, 0.25) is 0 Å². The van der Waals surface area contributed by atoms with Crippen molar-refractivity contribution < 1.29 is 48.6 Å². The van der Waals surface area contributed by atoms with Crippen LogP contribution < -0.4 is 48.7 Å². The van der Waals surface area contributed by atoms with Gasteiger partial charge in [-0.05, 0) is 67.8 Å². The number of hydrogen-bond donors (Lipinski definition) is 12. The molecule has 23 nitrogen and oxygen atoms in total. The smallest absolute Gasteiger partial charge is 0.326 e. The Morgan fingerprint density at radius 1 is 0.778 bits per heavy atom. The topological polar surface area (TPSA) is 358 Å². The molecule has 2 aromatic carbocycles. The maximum absolute atomic E-state index is 14.5. The van der Waals surface area contributed by atoms with Crippen LogP contribution in [0.4, 0.5) is 0 Å². The zero-order valence-corrected chi connectivity index (χ0v) is 41.5. The Morgan fingerprint density at radius 3 is 2.01 bits per heavy atom. The van der Waals surface area contributed by atoms with E-state index < -0.39 is 101 Å². The van der Waals surface area contributed by atoms with Gasteiger partial charge in [-0.3, -0.25) is 38.6 Å². The predicted octanol–water partition coefficient (Wildman–Crippen LogP) is -0.897. The largest absolute Gasteiger partial charge is 0.508 e. The Kier molecular flexibility index (Phi) is 22.4. The lowest BCUT2D eigenvalue weighted by Gasteiger charge is -2.32. The van der Waals surface area contributed by atoms with Crippen LogP contribution in [0.15, 0.2) is 72.1 Å². The number of aliphatic carboxylic acids is 1. The van der Waals surface area contributed by atoms with E-state index in [0.29, 0.717) is 36.1 Å². The SMILES string of the molecule is CC[C@H](C)[C@H](NC(=O)[C@H](Cc1ccc(O)cc1)NC(=O)[C@@H](NC(=O)[C@H](CCCN=C(N)N)NC(=O)CNC)C(C)C)C(=O)N[C@@H](Cc1cnc[nH]1)C(=O)N1CCC[C@H]1C(=O)N[C@H](Cc1ccccc1)C(=O)O. The predicted molar refractivity (Wildman–Crippen MR) is 266 cm³/mol. The fraction of sp³-hybridized carbons (Fsp3) is 0.510. The lowest BCUT2D eigenvalue weighted by atomic mass is 9.96. The number of carboxylic acids is 1. The third-order valence-corrected chi connectivity index (χ3v) is 12.3. The molecule has 0 saturated carbocycles. The number of guanidine groups is 1. The monoisotopic (exact) mass is 1000 g/mol. The summed E-state index contributed by atoms with van der Waals surface area (Å²) >= 11 is 0. The van der Waals surface area contributed by atoms with Crippen molar-refractivity contribution in [3.63, 3.8) is 0 Å². The van der Waals surface area contributed by atoms with Gasteiger partial charge in [0.25, 0.3) is 0 Å². The third kappa shape index (κ3) is 17.7. The van der Waals surface area contributed by atoms with Crippen LogP contribution >= 0.6 is 0 Å². The molecule has 3 aromatic rings. The van der Waals surface area contributed by atoms with Gasteiger partial charge in [-0.2, -0.15) is 0 Å². The summed E-state index contributed by atoms with van der Waals surface area (Å²) in [6, 6.07) is 6.24. The van der Waals surface area contributed by atoms with E-state index in [2.05, 4.69) is 52.2 Å². The number of aromatic hydroxyl groups is 1. The number of hydrogen-bond acceptors (Lipinski definition) is 12. The standard InChI is InChI=1S/C49H71N13O10/c1-6-29(4)41(46(69)58-36(24-32-25-53-27-55-32)47(70)62-21-11-15-38(62)44(67)59-37(48(71)72)23-30-12-8-7-9-13-30)61-43(66)35(22-31-16-18-33(63)19-17-31)57-45(68)40(28(2)3)60-42(65)34(56-39(64)26-52-5)14-10-20-54-49(50)51/h7-9,12-13,16-19,25,27-29,34-38,40-41,52,63H,6,10-11,14-15,20-24,26H2,1-5H3,(H,53,55)(H,56,64)(H,57,68)(H,58,69)(H,59,67)(H,60,65)(H,61,66)(H,71,72)(H4,50,51,54)/t29-,34-,35-,36-,37+,38-,40-,41-/m0/s1. The number of rotatable bonds is 28. The first-order chi connectivity index (χ1) is 34.3. The van der Waals surface area contributed by atoms with Crippen LogP contribution in [0, 0.1) is 11.8 Å². The second kappa shape index (κ2) is 28.3. The molecular formula is C49H71N13O10. The Hall–Kier alpha value is -7.56. The number of nitrogens with one attached hydrogen (secondary N) is 8. The van der Waals surface area contributed by atoms with Crippen molar-refractivity contribution in [3.8, 4) is 5.75 Å². The average molecular weight is 1000 g/mol. The number of carboxylic acid groups (broad SMARTS) is 1. The summed E-state index contributed by atoms with van der Waals surface area (Å²) in [5.41, 5.74) is 12.6. The Balaban J connectivity index is 1.58. The number of benzene rings is 2. The van der Waals surface area contributed by atoms with Gasteiger partial charge in [-0.1, -0.05) is 76.6 Å². The molecule has 0 bridgehead atoms. The molecule has 0 spiro atoms. The summed E-state index contributed by atoms with van der Waals surface area (Å²) in [7, 11) is 1.57. The Bertz CT molecular complexity index is 2310. The van der Waals surface area contributed by atoms with Gasteiger partial charge in [0.15, 0.2) is 5.96 Å². The van der Waals surface area contributed by atoms with Crippen LogP contribution in [-0.2, 0) is 57.6 Å². The number of nitrogens with zero attached hydrogens (tertiary/aromatic N) is 3. The first-order valence-electron chi connectivity index (χ1n) is 24.1. The van der Waals surface area contributed by atoms with Crippen molar-refractivity contribution >= 4 is 53.3 Å². The number of aromatic nitrogens is 2. The van der Waals surface area contributed by atoms with Crippen molar-refractivity contribution in [1.29, 1.82) is 0 Å². The molecule has 72 heavy (non-hydrogen) atoms. The number of amides is 7. The maximum Gasteiger partial charge on any atom is 0.326 e. The van der Waals surface area contributed by atoms with E-state index in [9.17, 15) is 48.6 Å². The number of H-pyrrole nitrogens is 1. The maximum atomic E-state index is 14.5. The number of phenolic OH excluding ortho intramolecular Hbond substituents is 1. The van der Waals surface area contributed by atoms with Gasteiger partial charge in [0.1, 0.15) is 48.0 Å². The summed E-state index contributed by atoms with van der Waals surface area (Å²) in [4.78, 5) is 122. The zero-order chi connectivity index (χ0) is 52.9. The van der Waals surface area contributed by atoms with Crippen LogP contribution in [0.1, 0.15) is 76.6 Å². The minimum absolute atomic E-state index is 0.0144. The molecule has 1 saturated heterocycles. The summed E-state index contributed by atoms with van der Waals surface area (Å²) in [6.07, 6.45) is 4.20. The van der Waals surface area contributed by atoms with Gasteiger partial charge < -0.3 is 68.8 Å². The minimum Gasteiger partial charge on any atom is -0.508 e. The van der Waals surface area contributed by atoms with Crippen LogP contribution in [0.5, 0.6) is 5.75 Å². The zero-order valence-electron chi connectivity index (χ0n) is 41.5. The highest BCUT2D eigenvalue weighted by Crippen LogP contribution is 2.21. The highest BCUT2D eigenvalue weighted by atomic mass is 16.4. The molecule has 0 aliphatic carbocycles. The van der Waals surface area contributed by atoms with Gasteiger partial charge in [0.05, 0.1) is 12.9 Å². The van der Waals surface area contributed by atoms with Crippen LogP contribution in [-0.4, -0.2) is 147 Å². The second-order valence-electron chi connectivity index (χ2n) is 18.3. The van der Waals surface area contributed by atoms with Crippen molar-refractivity contribution in [2.24, 2.45) is 28.3 Å². The van der Waals surface area contributed by atoms with Crippen molar-refractivity contribution in [2.45, 2.75) is 121 Å². The first-order valence-corrected chi connectivity index (χ1v) is 24.1. The normalized spacial score (nSPS) is 16.1.